The molecule has 0 amide bonds. The minimum absolute atomic E-state index is 0. The van der Waals surface area contributed by atoms with Gasteiger partial charge in [-0.25, -0.2) is 17.2 Å². The van der Waals surface area contributed by atoms with Gasteiger partial charge in [-0.15, -0.1) is 24.0 Å². The van der Waals surface area contributed by atoms with E-state index in [1.807, 2.05) is 6.92 Å². The summed E-state index contributed by atoms with van der Waals surface area (Å²) in [5.74, 6) is -0.390. The van der Waals surface area contributed by atoms with E-state index in [4.69, 9.17) is 0 Å². The summed E-state index contributed by atoms with van der Waals surface area (Å²) in [6.07, 6.45) is 0.894. The number of benzene rings is 1. The molecule has 0 spiro atoms. The highest BCUT2D eigenvalue weighted by Gasteiger charge is 2.28. The Morgan fingerprint density at radius 2 is 2.12 bits per heavy atom. The van der Waals surface area contributed by atoms with Gasteiger partial charge in [0.1, 0.15) is 11.6 Å². The fourth-order valence-corrected chi connectivity index (χ4v) is 4.11. The predicted molar refractivity (Wildman–Crippen MR) is 102 cm³/mol. The molecular formula is C15H22F2IN3O2S. The Kier molecular flexibility index (Phi) is 8.34. The van der Waals surface area contributed by atoms with Crippen LogP contribution in [0.25, 0.3) is 0 Å². The van der Waals surface area contributed by atoms with Crippen molar-refractivity contribution in [2.24, 2.45) is 4.99 Å². The monoisotopic (exact) mass is 473 g/mol. The Bertz CT molecular complexity index is 683. The standard InChI is InChI=1S/C15H21F2N3O2S.HI/c1-2-18-15(20-13-6-8-23(21,22)10-13)19-7-5-11-3-4-12(16)9-14(11)17;/h3-4,9,13H,2,5-8,10H2,1H3,(H2,18,19,20);1H. The number of hydrogen-bond donors (Lipinski definition) is 2. The summed E-state index contributed by atoms with van der Waals surface area (Å²) in [4.78, 5) is 4.32. The van der Waals surface area contributed by atoms with Crippen LogP contribution in [0.15, 0.2) is 23.2 Å². The molecule has 9 heteroatoms. The average Bonchev–Trinajstić information content (AvgIpc) is 2.80. The lowest BCUT2D eigenvalue weighted by atomic mass is 10.1. The molecule has 24 heavy (non-hydrogen) atoms. The third kappa shape index (κ3) is 6.50. The molecule has 136 valence electrons. The molecule has 0 aliphatic carbocycles. The average molecular weight is 473 g/mol. The number of hydrogen-bond acceptors (Lipinski definition) is 3. The highest BCUT2D eigenvalue weighted by atomic mass is 127. The Morgan fingerprint density at radius 3 is 2.71 bits per heavy atom. The molecule has 1 heterocycles. The van der Waals surface area contributed by atoms with Gasteiger partial charge in [0.15, 0.2) is 15.8 Å². The molecule has 1 aliphatic rings. The van der Waals surface area contributed by atoms with Crippen LogP contribution >= 0.6 is 24.0 Å². The molecule has 2 rings (SSSR count). The molecule has 0 saturated carbocycles. The summed E-state index contributed by atoms with van der Waals surface area (Å²) in [7, 11) is -2.96. The maximum atomic E-state index is 13.5. The predicted octanol–water partition coefficient (Wildman–Crippen LogP) is 1.87. The molecule has 1 saturated heterocycles. The van der Waals surface area contributed by atoms with Crippen molar-refractivity contribution in [2.45, 2.75) is 25.8 Å². The molecular weight excluding hydrogens is 451 g/mol. The van der Waals surface area contributed by atoms with Crippen LogP contribution in [-0.2, 0) is 16.3 Å². The van der Waals surface area contributed by atoms with E-state index in [1.165, 1.54) is 12.1 Å². The van der Waals surface area contributed by atoms with Crippen molar-refractivity contribution in [2.75, 3.05) is 24.6 Å². The molecule has 1 aromatic carbocycles. The van der Waals surface area contributed by atoms with Crippen LogP contribution in [0.5, 0.6) is 0 Å². The van der Waals surface area contributed by atoms with Crippen molar-refractivity contribution in [1.82, 2.24) is 10.6 Å². The number of halogens is 3. The summed E-state index contributed by atoms with van der Waals surface area (Å²) in [5, 5.41) is 6.13. The fraction of sp³-hybridized carbons (Fsp3) is 0.533. The highest BCUT2D eigenvalue weighted by molar-refractivity contribution is 14.0. The van der Waals surface area contributed by atoms with E-state index >= 15 is 0 Å². The summed E-state index contributed by atoms with van der Waals surface area (Å²) in [5.41, 5.74) is 0.398. The van der Waals surface area contributed by atoms with Crippen LogP contribution < -0.4 is 10.6 Å². The molecule has 5 nitrogen and oxygen atoms in total. The van der Waals surface area contributed by atoms with Crippen LogP contribution in [0.3, 0.4) is 0 Å². The van der Waals surface area contributed by atoms with Crippen molar-refractivity contribution in [1.29, 1.82) is 0 Å². The Hall–Kier alpha value is -0.970. The zero-order valence-corrected chi connectivity index (χ0v) is 16.5. The van der Waals surface area contributed by atoms with Gasteiger partial charge < -0.3 is 10.6 Å². The largest absolute Gasteiger partial charge is 0.357 e. The lowest BCUT2D eigenvalue weighted by Crippen LogP contribution is -2.44. The Balaban J connectivity index is 0.00000288. The Labute approximate surface area is 158 Å². The molecule has 0 radical (unpaired) electrons. The minimum Gasteiger partial charge on any atom is -0.357 e. The Morgan fingerprint density at radius 1 is 1.38 bits per heavy atom. The topological polar surface area (TPSA) is 70.6 Å². The summed E-state index contributed by atoms with van der Waals surface area (Å²) < 4.78 is 49.3. The van der Waals surface area contributed by atoms with E-state index in [0.717, 1.165) is 6.07 Å². The van der Waals surface area contributed by atoms with Crippen LogP contribution in [0.1, 0.15) is 18.9 Å². The molecule has 1 atom stereocenters. The highest BCUT2D eigenvalue weighted by Crippen LogP contribution is 2.12. The minimum atomic E-state index is -2.96. The number of rotatable bonds is 5. The second-order valence-electron chi connectivity index (χ2n) is 5.49. The van der Waals surface area contributed by atoms with Gasteiger partial charge in [0, 0.05) is 25.2 Å². The van der Waals surface area contributed by atoms with Crippen LogP contribution in [0.4, 0.5) is 8.78 Å². The van der Waals surface area contributed by atoms with Gasteiger partial charge in [-0.2, -0.15) is 0 Å². The van der Waals surface area contributed by atoms with Crippen molar-refractivity contribution < 1.29 is 17.2 Å². The molecule has 0 bridgehead atoms. The van der Waals surface area contributed by atoms with Crippen molar-refractivity contribution >= 4 is 39.8 Å². The zero-order chi connectivity index (χ0) is 16.9. The van der Waals surface area contributed by atoms with Crippen LogP contribution in [-0.4, -0.2) is 45.0 Å². The van der Waals surface area contributed by atoms with Crippen molar-refractivity contribution in [3.8, 4) is 0 Å². The molecule has 1 aliphatic heterocycles. The lowest BCUT2D eigenvalue weighted by Gasteiger charge is -2.15. The first-order chi connectivity index (χ1) is 10.9. The molecule has 2 N–H and O–H groups in total. The van der Waals surface area contributed by atoms with Gasteiger partial charge in [0.05, 0.1) is 11.5 Å². The number of guanidine groups is 1. The zero-order valence-electron chi connectivity index (χ0n) is 13.4. The molecule has 0 aromatic heterocycles. The molecule has 1 unspecified atom stereocenters. The second kappa shape index (κ2) is 9.50. The van der Waals surface area contributed by atoms with Crippen molar-refractivity contribution in [3.63, 3.8) is 0 Å². The van der Waals surface area contributed by atoms with Gasteiger partial charge in [-0.05, 0) is 31.4 Å². The van der Waals surface area contributed by atoms with Crippen LogP contribution in [0, 0.1) is 11.6 Å². The number of aliphatic imine (C=N–C) groups is 1. The number of nitrogens with one attached hydrogen (secondary N) is 2. The maximum Gasteiger partial charge on any atom is 0.191 e. The van der Waals surface area contributed by atoms with Gasteiger partial charge in [-0.1, -0.05) is 6.07 Å². The molecule has 1 fully saturated rings. The van der Waals surface area contributed by atoms with Crippen LogP contribution in [0.2, 0.25) is 0 Å². The van der Waals surface area contributed by atoms with Gasteiger partial charge in [0.25, 0.3) is 0 Å². The quantitative estimate of drug-likeness (QED) is 0.389. The summed E-state index contributed by atoms with van der Waals surface area (Å²) in [6, 6.07) is 3.32. The number of sulfone groups is 1. The van der Waals surface area contributed by atoms with E-state index in [0.29, 0.717) is 37.5 Å². The first-order valence-electron chi connectivity index (χ1n) is 7.59. The van der Waals surface area contributed by atoms with E-state index in [1.54, 1.807) is 0 Å². The summed E-state index contributed by atoms with van der Waals surface area (Å²) >= 11 is 0. The van der Waals surface area contributed by atoms with E-state index in [-0.39, 0.29) is 41.5 Å². The van der Waals surface area contributed by atoms with E-state index in [2.05, 4.69) is 15.6 Å². The smallest absolute Gasteiger partial charge is 0.191 e. The van der Waals surface area contributed by atoms with Gasteiger partial charge >= 0.3 is 0 Å². The third-order valence-electron chi connectivity index (χ3n) is 3.58. The third-order valence-corrected chi connectivity index (χ3v) is 5.35. The second-order valence-corrected chi connectivity index (χ2v) is 7.72. The SMILES string of the molecule is CCNC(=NCCc1ccc(F)cc1F)NC1CCS(=O)(=O)C1.I. The first kappa shape index (κ1) is 21.1. The molecule has 1 aromatic rings. The maximum absolute atomic E-state index is 13.5. The van der Waals surface area contributed by atoms with E-state index < -0.39 is 21.5 Å². The van der Waals surface area contributed by atoms with Gasteiger partial charge in [0.2, 0.25) is 0 Å². The number of nitrogens with zero attached hydrogens (tertiary/aromatic N) is 1. The van der Waals surface area contributed by atoms with Crippen molar-refractivity contribution in [3.05, 3.63) is 35.4 Å². The fourth-order valence-electron chi connectivity index (χ4n) is 2.43. The van der Waals surface area contributed by atoms with E-state index in [9.17, 15) is 17.2 Å². The normalized spacial score (nSPS) is 19.6. The van der Waals surface area contributed by atoms with Gasteiger partial charge in [-0.3, -0.25) is 4.99 Å². The first-order valence-corrected chi connectivity index (χ1v) is 9.41. The lowest BCUT2D eigenvalue weighted by molar-refractivity contribution is 0.571. The summed E-state index contributed by atoms with van der Waals surface area (Å²) in [6.45, 7) is 2.86.